The van der Waals surface area contributed by atoms with Gasteiger partial charge in [0.1, 0.15) is 0 Å². The van der Waals surface area contributed by atoms with Gasteiger partial charge >= 0.3 is 0 Å². The first-order chi connectivity index (χ1) is 10.0. The fraction of sp³-hybridized carbons (Fsp3) is 0.375. The number of hydrogen-bond acceptors (Lipinski definition) is 4. The third-order valence-electron chi connectivity index (χ3n) is 3.99. The van der Waals surface area contributed by atoms with Gasteiger partial charge in [-0.3, -0.25) is 0 Å². The van der Waals surface area contributed by atoms with E-state index in [4.69, 9.17) is 10.5 Å². The summed E-state index contributed by atoms with van der Waals surface area (Å²) < 4.78 is 7.18. The summed E-state index contributed by atoms with van der Waals surface area (Å²) in [6.45, 7) is 6.09. The number of hydrogen-bond donors (Lipinski definition) is 1. The highest BCUT2D eigenvalue weighted by molar-refractivity contribution is 5.91. The van der Waals surface area contributed by atoms with Crippen molar-refractivity contribution < 1.29 is 4.74 Å². The molecule has 0 saturated carbocycles. The summed E-state index contributed by atoms with van der Waals surface area (Å²) in [5.41, 5.74) is 12.1. The van der Waals surface area contributed by atoms with Gasteiger partial charge in [0.2, 0.25) is 5.88 Å². The van der Waals surface area contributed by atoms with E-state index >= 15 is 0 Å². The van der Waals surface area contributed by atoms with Gasteiger partial charge in [-0.25, -0.2) is 9.51 Å². The monoisotopic (exact) mass is 284 g/mol. The quantitative estimate of drug-likeness (QED) is 0.922. The smallest absolute Gasteiger partial charge is 0.208 e. The summed E-state index contributed by atoms with van der Waals surface area (Å²) >= 11 is 0. The number of nitrogens with zero attached hydrogens (tertiary/aromatic N) is 3. The number of anilines is 1. The van der Waals surface area contributed by atoms with E-state index in [2.05, 4.69) is 23.1 Å². The van der Waals surface area contributed by atoms with Crippen LogP contribution in [-0.4, -0.2) is 22.4 Å². The third-order valence-corrected chi connectivity index (χ3v) is 3.99. The molecule has 0 amide bonds. The van der Waals surface area contributed by atoms with E-state index in [9.17, 15) is 0 Å². The molecule has 0 bridgehead atoms. The minimum atomic E-state index is 0.208. The van der Waals surface area contributed by atoms with Crippen molar-refractivity contribution >= 4 is 16.9 Å². The maximum atomic E-state index is 6.12. The molecule has 5 heteroatoms. The number of allylic oxidation sites excluding steroid dienone is 1. The molecule has 0 radical (unpaired) electrons. The molecule has 5 nitrogen and oxygen atoms in total. The molecule has 110 valence electrons. The largest absolute Gasteiger partial charge is 0.481 e. The topological polar surface area (TPSA) is 64.9 Å². The van der Waals surface area contributed by atoms with Crippen molar-refractivity contribution in [1.29, 1.82) is 0 Å². The second-order valence-electron chi connectivity index (χ2n) is 5.54. The van der Waals surface area contributed by atoms with E-state index < -0.39 is 0 Å². The van der Waals surface area contributed by atoms with Gasteiger partial charge in [0.25, 0.3) is 0 Å². The summed E-state index contributed by atoms with van der Waals surface area (Å²) in [7, 11) is 1.65. The first-order valence-electron chi connectivity index (χ1n) is 7.06. The van der Waals surface area contributed by atoms with Crippen LogP contribution in [0.15, 0.2) is 29.1 Å². The van der Waals surface area contributed by atoms with Crippen LogP contribution in [0, 0.1) is 13.8 Å². The maximum Gasteiger partial charge on any atom is 0.208 e. The van der Waals surface area contributed by atoms with Gasteiger partial charge in [-0.1, -0.05) is 0 Å². The Hall–Kier alpha value is -2.30. The molecule has 0 aromatic carbocycles. The lowest BCUT2D eigenvalue weighted by Gasteiger charge is -2.21. The average Bonchev–Trinajstić information content (AvgIpc) is 2.75. The summed E-state index contributed by atoms with van der Waals surface area (Å²) in [5, 5.41) is 4.64. The van der Waals surface area contributed by atoms with Crippen molar-refractivity contribution in [3.8, 4) is 0 Å². The minimum Gasteiger partial charge on any atom is -0.481 e. The molecule has 1 aliphatic heterocycles. The Bertz CT molecular complexity index is 770. The number of aryl methyl sites for hydroxylation is 2. The van der Waals surface area contributed by atoms with Crippen molar-refractivity contribution in [3.05, 3.63) is 41.0 Å². The Morgan fingerprint density at radius 1 is 1.29 bits per heavy atom. The van der Waals surface area contributed by atoms with Crippen molar-refractivity contribution in [3.63, 3.8) is 0 Å². The summed E-state index contributed by atoms with van der Waals surface area (Å²) in [4.78, 5) is 4.51. The van der Waals surface area contributed by atoms with E-state index in [0.29, 0.717) is 5.88 Å². The van der Waals surface area contributed by atoms with Gasteiger partial charge in [0, 0.05) is 11.6 Å². The van der Waals surface area contributed by atoms with Crippen LogP contribution >= 0.6 is 0 Å². The zero-order valence-electron chi connectivity index (χ0n) is 12.8. The second-order valence-corrected chi connectivity index (χ2v) is 5.54. The normalized spacial score (nSPS) is 18.6. The number of nitrogens with two attached hydrogens (primary N) is 1. The van der Waals surface area contributed by atoms with Crippen LogP contribution in [-0.2, 0) is 4.74 Å². The lowest BCUT2D eigenvalue weighted by atomic mass is 9.92. The number of aromatic nitrogens is 2. The molecule has 2 aromatic rings. The van der Waals surface area contributed by atoms with Crippen LogP contribution in [0.4, 0.5) is 5.69 Å². The predicted molar refractivity (Wildman–Crippen MR) is 84.6 cm³/mol. The molecule has 0 spiro atoms. The lowest BCUT2D eigenvalue weighted by molar-refractivity contribution is 0.284. The fourth-order valence-electron chi connectivity index (χ4n) is 2.98. The summed E-state index contributed by atoms with van der Waals surface area (Å²) in [6, 6.07) is 4.00. The van der Waals surface area contributed by atoms with Gasteiger partial charge in [-0.05, 0) is 51.0 Å². The molecule has 1 aliphatic rings. The Kier molecular flexibility index (Phi) is 3.20. The van der Waals surface area contributed by atoms with Crippen molar-refractivity contribution in [2.75, 3.05) is 12.8 Å². The standard InChI is InChI=1S/C16H20N4O/c1-9-7-14-13(17)8-10(2)19-20(14)16(9)12-5-6-15(21-4)18-11(12)3/h6-8,12H,5,17H2,1-4H3. The molecule has 1 unspecified atom stereocenters. The Morgan fingerprint density at radius 2 is 2.05 bits per heavy atom. The van der Waals surface area contributed by atoms with E-state index in [-0.39, 0.29) is 5.92 Å². The molecular weight excluding hydrogens is 264 g/mol. The molecule has 0 fully saturated rings. The van der Waals surface area contributed by atoms with Crippen LogP contribution in [0.25, 0.3) is 5.52 Å². The molecule has 21 heavy (non-hydrogen) atoms. The predicted octanol–water partition coefficient (Wildman–Crippen LogP) is 2.97. The van der Waals surface area contributed by atoms with Crippen LogP contribution in [0.1, 0.15) is 36.2 Å². The van der Waals surface area contributed by atoms with Gasteiger partial charge in [0.05, 0.1) is 29.7 Å². The second kappa shape index (κ2) is 4.91. The van der Waals surface area contributed by atoms with Crippen molar-refractivity contribution in [1.82, 2.24) is 9.61 Å². The van der Waals surface area contributed by atoms with Gasteiger partial charge in [-0.2, -0.15) is 5.10 Å². The van der Waals surface area contributed by atoms with Crippen LogP contribution in [0.3, 0.4) is 0 Å². The zero-order valence-corrected chi connectivity index (χ0v) is 12.8. The van der Waals surface area contributed by atoms with Crippen molar-refractivity contribution in [2.45, 2.75) is 33.1 Å². The average molecular weight is 284 g/mol. The molecule has 3 heterocycles. The highest BCUT2D eigenvalue weighted by atomic mass is 16.5. The minimum absolute atomic E-state index is 0.208. The number of fused-ring (bicyclic) bond motifs is 1. The fourth-order valence-corrected chi connectivity index (χ4v) is 2.98. The molecule has 3 rings (SSSR count). The number of ether oxygens (including phenoxy) is 1. The molecule has 0 aliphatic carbocycles. The van der Waals surface area contributed by atoms with E-state index in [1.807, 2.05) is 30.5 Å². The van der Waals surface area contributed by atoms with Gasteiger partial charge in [0.15, 0.2) is 0 Å². The highest BCUT2D eigenvalue weighted by Gasteiger charge is 2.25. The summed E-state index contributed by atoms with van der Waals surface area (Å²) in [6.07, 6.45) is 2.89. The first-order valence-corrected chi connectivity index (χ1v) is 7.06. The maximum absolute atomic E-state index is 6.12. The molecule has 1 atom stereocenters. The van der Waals surface area contributed by atoms with Gasteiger partial charge in [-0.15, -0.1) is 0 Å². The number of aliphatic imine (C=N–C) groups is 1. The molecule has 0 saturated heterocycles. The first kappa shape index (κ1) is 13.7. The van der Waals surface area contributed by atoms with E-state index in [1.165, 1.54) is 5.56 Å². The Balaban J connectivity index is 2.16. The number of rotatable bonds is 2. The highest BCUT2D eigenvalue weighted by Crippen LogP contribution is 2.32. The molecule has 2 aromatic heterocycles. The Morgan fingerprint density at radius 3 is 2.71 bits per heavy atom. The Labute approximate surface area is 124 Å². The van der Waals surface area contributed by atoms with Crippen molar-refractivity contribution in [2.24, 2.45) is 4.99 Å². The summed E-state index contributed by atoms with van der Waals surface area (Å²) in [5.74, 6) is 0.894. The van der Waals surface area contributed by atoms with Gasteiger partial charge < -0.3 is 10.5 Å². The van der Waals surface area contributed by atoms with Crippen LogP contribution in [0.2, 0.25) is 0 Å². The van der Waals surface area contributed by atoms with E-state index in [1.54, 1.807) is 7.11 Å². The van der Waals surface area contributed by atoms with Crippen LogP contribution < -0.4 is 5.73 Å². The molecular formula is C16H20N4O. The third kappa shape index (κ3) is 2.18. The van der Waals surface area contributed by atoms with E-state index in [0.717, 1.165) is 34.7 Å². The SMILES string of the molecule is COC1=CCC(c2c(C)cc3c(N)cc(C)nn23)C(C)=N1. The number of nitrogen functional groups attached to an aromatic ring is 1. The van der Waals surface area contributed by atoms with Crippen LogP contribution in [0.5, 0.6) is 0 Å². The zero-order chi connectivity index (χ0) is 15.1. The number of methoxy groups -OCH3 is 1. The lowest BCUT2D eigenvalue weighted by Crippen LogP contribution is -2.17. The molecule has 2 N–H and O–H groups in total.